The number of likely N-dealkylation sites (tertiary alicyclic amines) is 1. The van der Waals surface area contributed by atoms with Crippen molar-refractivity contribution in [2.45, 2.75) is 45.7 Å². The third-order valence-corrected chi connectivity index (χ3v) is 7.44. The molecule has 0 atom stereocenters. The summed E-state index contributed by atoms with van der Waals surface area (Å²) in [7, 11) is 1.50. The highest BCUT2D eigenvalue weighted by atomic mass is 19.1. The minimum absolute atomic E-state index is 0.111. The van der Waals surface area contributed by atoms with Gasteiger partial charge in [0.05, 0.1) is 13.2 Å². The van der Waals surface area contributed by atoms with Gasteiger partial charge in [0.25, 0.3) is 11.5 Å². The smallest absolute Gasteiger partial charge is 0.332 e. The van der Waals surface area contributed by atoms with E-state index >= 15 is 0 Å². The van der Waals surface area contributed by atoms with E-state index in [-0.39, 0.29) is 36.1 Å². The number of aryl methyl sites for hydroxylation is 1. The quantitative estimate of drug-likeness (QED) is 0.268. The molecule has 2 amide bonds. The summed E-state index contributed by atoms with van der Waals surface area (Å²) in [6.07, 6.45) is 4.11. The van der Waals surface area contributed by atoms with Gasteiger partial charge in [-0.05, 0) is 55.7 Å². The Balaban J connectivity index is 1.45. The number of carbonyl (C=O) groups is 2. The molecule has 0 saturated carbocycles. The fourth-order valence-electron chi connectivity index (χ4n) is 5.22. The third-order valence-electron chi connectivity index (χ3n) is 7.44. The molecule has 5 rings (SSSR count). The molecule has 1 N–H and O–H groups in total. The van der Waals surface area contributed by atoms with E-state index in [1.54, 1.807) is 17.0 Å². The molecule has 1 aliphatic rings. The summed E-state index contributed by atoms with van der Waals surface area (Å²) < 4.78 is 21.2. The normalized spacial score (nSPS) is 13.3. The molecule has 1 saturated heterocycles. The molecule has 3 aromatic heterocycles. The molecule has 1 aromatic carbocycles. The molecule has 1 fully saturated rings. The van der Waals surface area contributed by atoms with Crippen LogP contribution in [0.15, 0.2) is 52.2 Å². The van der Waals surface area contributed by atoms with Crippen molar-refractivity contribution < 1.29 is 18.7 Å². The number of nitrogens with zero attached hydrogens (tertiary/aromatic N) is 6. The Labute approximate surface area is 246 Å². The van der Waals surface area contributed by atoms with Gasteiger partial charge in [-0.2, -0.15) is 0 Å². The number of nitrogens with one attached hydrogen (secondary N) is 1. The molecule has 0 radical (unpaired) electrons. The predicted molar refractivity (Wildman–Crippen MR) is 159 cm³/mol. The van der Waals surface area contributed by atoms with E-state index in [2.05, 4.69) is 15.0 Å². The van der Waals surface area contributed by atoms with Crippen LogP contribution in [0.3, 0.4) is 0 Å². The van der Waals surface area contributed by atoms with Gasteiger partial charge in [-0.1, -0.05) is 6.92 Å². The number of methoxy groups -OCH3 is 1. The summed E-state index contributed by atoms with van der Waals surface area (Å²) in [5, 5.41) is 0. The third kappa shape index (κ3) is 6.26. The van der Waals surface area contributed by atoms with Crippen LogP contribution in [-0.4, -0.2) is 74.2 Å². The van der Waals surface area contributed by atoms with Crippen molar-refractivity contribution in [2.75, 3.05) is 38.3 Å². The van der Waals surface area contributed by atoms with Crippen molar-refractivity contribution in [3.8, 4) is 11.4 Å². The van der Waals surface area contributed by atoms with E-state index in [1.165, 1.54) is 47.0 Å². The lowest BCUT2D eigenvalue weighted by molar-refractivity contribution is -0.127. The highest BCUT2D eigenvalue weighted by molar-refractivity contribution is 6.05. The van der Waals surface area contributed by atoms with Gasteiger partial charge in [-0.25, -0.2) is 19.2 Å². The Morgan fingerprint density at radius 2 is 1.86 bits per heavy atom. The Morgan fingerprint density at radius 3 is 2.51 bits per heavy atom. The van der Waals surface area contributed by atoms with Gasteiger partial charge in [0.2, 0.25) is 5.91 Å². The van der Waals surface area contributed by atoms with Crippen molar-refractivity contribution in [1.82, 2.24) is 29.0 Å². The van der Waals surface area contributed by atoms with Crippen LogP contribution in [0, 0.1) is 5.82 Å². The zero-order valence-corrected chi connectivity index (χ0v) is 24.2. The first-order valence-corrected chi connectivity index (χ1v) is 14.4. The first-order valence-electron chi connectivity index (χ1n) is 14.4. The molecule has 12 nitrogen and oxygen atoms in total. The first kappa shape index (κ1) is 29.8. The predicted octanol–water partition coefficient (Wildman–Crippen LogP) is 2.80. The molecule has 226 valence electrons. The molecular weight excluding hydrogens is 557 g/mol. The van der Waals surface area contributed by atoms with Gasteiger partial charge in [-0.3, -0.25) is 28.4 Å². The van der Waals surface area contributed by atoms with Crippen molar-refractivity contribution in [3.63, 3.8) is 0 Å². The SMILES string of the molecule is CCCn1c(=O)n(CCOC)c(=O)c2[nH]c(-c3ccc(N(CCCN4CCCC4=O)C(=O)c4ccc(F)cc4)nc3)nc21. The summed E-state index contributed by atoms with van der Waals surface area (Å²) in [4.78, 5) is 67.2. The van der Waals surface area contributed by atoms with Crippen molar-refractivity contribution in [2.24, 2.45) is 0 Å². The number of pyridine rings is 1. The van der Waals surface area contributed by atoms with E-state index in [4.69, 9.17) is 4.74 Å². The molecular formula is C30H34FN7O5. The van der Waals surface area contributed by atoms with Gasteiger partial charge in [0, 0.05) is 57.0 Å². The second-order valence-electron chi connectivity index (χ2n) is 10.4. The van der Waals surface area contributed by atoms with Gasteiger partial charge in [0.1, 0.15) is 23.0 Å². The number of anilines is 1. The lowest BCUT2D eigenvalue weighted by Crippen LogP contribution is -2.41. The average molecular weight is 592 g/mol. The summed E-state index contributed by atoms with van der Waals surface area (Å²) >= 11 is 0. The zero-order valence-electron chi connectivity index (χ0n) is 24.2. The van der Waals surface area contributed by atoms with E-state index in [0.29, 0.717) is 68.2 Å². The van der Waals surface area contributed by atoms with Crippen LogP contribution in [0.5, 0.6) is 0 Å². The molecule has 0 unspecified atom stereocenters. The number of hydrogen-bond acceptors (Lipinski definition) is 7. The minimum Gasteiger partial charge on any atom is -0.383 e. The number of fused-ring (bicyclic) bond motifs is 1. The maximum absolute atomic E-state index is 13.5. The fraction of sp³-hybridized carbons (Fsp3) is 0.400. The molecule has 0 bridgehead atoms. The summed E-state index contributed by atoms with van der Waals surface area (Å²) in [5.41, 5.74) is 0.381. The highest BCUT2D eigenvalue weighted by Crippen LogP contribution is 2.22. The second kappa shape index (κ2) is 13.1. The number of aromatic nitrogens is 5. The van der Waals surface area contributed by atoms with Gasteiger partial charge >= 0.3 is 5.69 Å². The second-order valence-corrected chi connectivity index (χ2v) is 10.4. The van der Waals surface area contributed by atoms with Crippen LogP contribution in [-0.2, 0) is 22.6 Å². The Morgan fingerprint density at radius 1 is 1.07 bits per heavy atom. The number of aromatic amines is 1. The standard InChI is InChI=1S/C30H34FN7O5/c1-3-13-37-27-25(29(41)38(30(37)42)17-18-43-2)33-26(34-27)21-9-12-23(32-19-21)36(16-5-15-35-14-4-6-24(35)39)28(40)20-7-10-22(31)11-8-20/h7-12,19H,3-6,13-18H2,1-2H3,(H,33,34). The van der Waals surface area contributed by atoms with Crippen molar-refractivity contribution >= 4 is 28.8 Å². The minimum atomic E-state index is -0.486. The van der Waals surface area contributed by atoms with Gasteiger partial charge < -0.3 is 14.6 Å². The molecule has 0 spiro atoms. The highest BCUT2D eigenvalue weighted by Gasteiger charge is 2.23. The Hall–Kier alpha value is -4.65. The number of halogens is 1. The molecule has 43 heavy (non-hydrogen) atoms. The molecule has 13 heteroatoms. The fourth-order valence-corrected chi connectivity index (χ4v) is 5.22. The van der Waals surface area contributed by atoms with Gasteiger partial charge in [0.15, 0.2) is 5.65 Å². The Bertz CT molecular complexity index is 1730. The average Bonchev–Trinajstić information content (AvgIpc) is 3.64. The van der Waals surface area contributed by atoms with E-state index in [1.807, 2.05) is 6.92 Å². The van der Waals surface area contributed by atoms with Crippen molar-refractivity contribution in [1.29, 1.82) is 0 Å². The number of amides is 2. The monoisotopic (exact) mass is 591 g/mol. The maximum Gasteiger partial charge on any atom is 0.332 e. The first-order chi connectivity index (χ1) is 20.8. The van der Waals surface area contributed by atoms with Crippen LogP contribution in [0.25, 0.3) is 22.6 Å². The number of hydrogen-bond donors (Lipinski definition) is 1. The maximum atomic E-state index is 13.5. The zero-order chi connectivity index (χ0) is 30.5. The van der Waals surface area contributed by atoms with Crippen LogP contribution >= 0.6 is 0 Å². The summed E-state index contributed by atoms with van der Waals surface area (Å²) in [6.45, 7) is 4.15. The summed E-state index contributed by atoms with van der Waals surface area (Å²) in [6, 6.07) is 8.70. The number of benzene rings is 1. The topological polar surface area (TPSA) is 135 Å². The van der Waals surface area contributed by atoms with Gasteiger partial charge in [-0.15, -0.1) is 0 Å². The van der Waals surface area contributed by atoms with Crippen LogP contribution in [0.2, 0.25) is 0 Å². The lowest BCUT2D eigenvalue weighted by atomic mass is 10.1. The molecule has 4 heterocycles. The molecule has 1 aliphatic heterocycles. The number of H-pyrrole nitrogens is 1. The number of imidazole rings is 1. The van der Waals surface area contributed by atoms with E-state index in [9.17, 15) is 23.6 Å². The number of carbonyl (C=O) groups excluding carboxylic acids is 2. The van der Waals surface area contributed by atoms with Crippen LogP contribution < -0.4 is 16.1 Å². The number of ether oxygens (including phenoxy) is 1. The lowest BCUT2D eigenvalue weighted by Gasteiger charge is -2.24. The van der Waals surface area contributed by atoms with Crippen molar-refractivity contribution in [3.05, 3.63) is 74.8 Å². The van der Waals surface area contributed by atoms with E-state index in [0.717, 1.165) is 11.0 Å². The molecule has 4 aromatic rings. The Kier molecular flexibility index (Phi) is 9.10. The summed E-state index contributed by atoms with van der Waals surface area (Å²) in [5.74, 6) is 0.0332. The van der Waals surface area contributed by atoms with E-state index < -0.39 is 17.1 Å². The van der Waals surface area contributed by atoms with Crippen LogP contribution in [0.4, 0.5) is 10.2 Å². The largest absolute Gasteiger partial charge is 0.383 e. The van der Waals surface area contributed by atoms with Crippen LogP contribution in [0.1, 0.15) is 43.0 Å². The number of rotatable bonds is 12. The molecule has 0 aliphatic carbocycles.